The number of amides is 2. The van der Waals surface area contributed by atoms with Crippen LogP contribution in [0.3, 0.4) is 0 Å². The van der Waals surface area contributed by atoms with Crippen molar-refractivity contribution >= 4 is 29.1 Å². The van der Waals surface area contributed by atoms with Crippen LogP contribution in [0.25, 0.3) is 0 Å². The molecule has 0 atom stereocenters. The fourth-order valence-electron chi connectivity index (χ4n) is 2.67. The number of carbonyl (C=O) groups excluding carboxylic acids is 2. The van der Waals surface area contributed by atoms with Gasteiger partial charge in [-0.1, -0.05) is 29.3 Å². The van der Waals surface area contributed by atoms with Crippen molar-refractivity contribution in [2.45, 2.75) is 19.8 Å². The lowest BCUT2D eigenvalue weighted by Gasteiger charge is -2.12. The zero-order valence-electron chi connectivity index (χ0n) is 15.0. The van der Waals surface area contributed by atoms with E-state index < -0.39 is 0 Å². The van der Waals surface area contributed by atoms with Crippen LogP contribution in [-0.4, -0.2) is 31.6 Å². The Labute approximate surface area is 162 Å². The summed E-state index contributed by atoms with van der Waals surface area (Å²) < 4.78 is 11.2. The topological polar surface area (TPSA) is 76.7 Å². The highest BCUT2D eigenvalue weighted by atomic mass is 35.5. The van der Waals surface area contributed by atoms with Crippen molar-refractivity contribution in [3.8, 4) is 11.5 Å². The smallest absolute Gasteiger partial charge is 0.251 e. The number of aryl methyl sites for hydroxylation is 1. The molecule has 142 valence electrons. The van der Waals surface area contributed by atoms with Crippen LogP contribution in [0.1, 0.15) is 28.8 Å². The standard InChI is InChI=1S/C20H21ClN2O4/c1-13-4-2-5-14(10-13)20(25)22-7-6-19(24)23-16-12-18-17(11-15(16)21)26-8-3-9-27-18/h2,4-5,10-12H,3,6-9H2,1H3,(H,22,25)(H,23,24). The van der Waals surface area contributed by atoms with Gasteiger partial charge in [0.1, 0.15) is 0 Å². The van der Waals surface area contributed by atoms with E-state index in [9.17, 15) is 9.59 Å². The molecule has 1 aliphatic rings. The molecule has 0 aromatic heterocycles. The Morgan fingerprint density at radius 1 is 1.11 bits per heavy atom. The van der Waals surface area contributed by atoms with E-state index in [1.807, 2.05) is 19.1 Å². The van der Waals surface area contributed by atoms with E-state index in [1.54, 1.807) is 24.3 Å². The lowest BCUT2D eigenvalue weighted by molar-refractivity contribution is -0.116. The predicted molar refractivity (Wildman–Crippen MR) is 104 cm³/mol. The number of fused-ring (bicyclic) bond motifs is 1. The second-order valence-electron chi connectivity index (χ2n) is 6.25. The molecule has 0 saturated carbocycles. The maximum atomic E-state index is 12.2. The van der Waals surface area contributed by atoms with Crippen LogP contribution in [0.5, 0.6) is 11.5 Å². The van der Waals surface area contributed by atoms with Gasteiger partial charge >= 0.3 is 0 Å². The van der Waals surface area contributed by atoms with Crippen molar-refractivity contribution in [1.82, 2.24) is 5.32 Å². The molecule has 2 N–H and O–H groups in total. The van der Waals surface area contributed by atoms with Gasteiger partial charge in [-0.05, 0) is 19.1 Å². The number of ether oxygens (including phenoxy) is 2. The van der Waals surface area contributed by atoms with Crippen molar-refractivity contribution in [3.05, 3.63) is 52.5 Å². The van der Waals surface area contributed by atoms with Crippen LogP contribution in [0.2, 0.25) is 5.02 Å². The van der Waals surface area contributed by atoms with Crippen LogP contribution >= 0.6 is 11.6 Å². The van der Waals surface area contributed by atoms with E-state index in [-0.39, 0.29) is 24.8 Å². The molecule has 0 bridgehead atoms. The SMILES string of the molecule is Cc1cccc(C(=O)NCCC(=O)Nc2cc3c(cc2Cl)OCCCO3)c1. The number of anilines is 1. The fraction of sp³-hybridized carbons (Fsp3) is 0.300. The molecule has 1 heterocycles. The van der Waals surface area contributed by atoms with Gasteiger partial charge in [0.05, 0.1) is 23.9 Å². The average molecular weight is 389 g/mol. The minimum atomic E-state index is -0.254. The van der Waals surface area contributed by atoms with Crippen LogP contribution in [0.15, 0.2) is 36.4 Å². The molecule has 27 heavy (non-hydrogen) atoms. The van der Waals surface area contributed by atoms with E-state index >= 15 is 0 Å². The lowest BCUT2D eigenvalue weighted by atomic mass is 10.1. The molecule has 2 aromatic carbocycles. The first-order valence-corrected chi connectivity index (χ1v) is 9.14. The summed E-state index contributed by atoms with van der Waals surface area (Å²) in [6, 6.07) is 10.6. The molecule has 7 heteroatoms. The molecule has 0 radical (unpaired) electrons. The summed E-state index contributed by atoms with van der Waals surface area (Å²) >= 11 is 6.22. The molecule has 0 unspecified atom stereocenters. The highest BCUT2D eigenvalue weighted by Crippen LogP contribution is 2.37. The van der Waals surface area contributed by atoms with Crippen molar-refractivity contribution in [1.29, 1.82) is 0 Å². The number of benzene rings is 2. The second kappa shape index (κ2) is 8.77. The summed E-state index contributed by atoms with van der Waals surface area (Å²) in [5.41, 5.74) is 2.03. The number of hydrogen-bond donors (Lipinski definition) is 2. The van der Waals surface area contributed by atoms with Gasteiger partial charge in [0.25, 0.3) is 5.91 Å². The molecule has 6 nitrogen and oxygen atoms in total. The third kappa shape index (κ3) is 5.14. The first-order valence-electron chi connectivity index (χ1n) is 8.77. The summed E-state index contributed by atoms with van der Waals surface area (Å²) in [6.07, 6.45) is 0.914. The summed E-state index contributed by atoms with van der Waals surface area (Å²) in [6.45, 7) is 3.26. The van der Waals surface area contributed by atoms with Crippen molar-refractivity contribution in [2.24, 2.45) is 0 Å². The summed E-state index contributed by atoms with van der Waals surface area (Å²) in [5.74, 6) is 0.664. The van der Waals surface area contributed by atoms with E-state index in [2.05, 4.69) is 10.6 Å². The summed E-state index contributed by atoms with van der Waals surface area (Å²) in [4.78, 5) is 24.3. The average Bonchev–Trinajstić information content (AvgIpc) is 2.87. The number of hydrogen-bond acceptors (Lipinski definition) is 4. The lowest BCUT2D eigenvalue weighted by Crippen LogP contribution is -2.27. The Bertz CT molecular complexity index is 854. The zero-order valence-corrected chi connectivity index (χ0v) is 15.8. The molecule has 2 aromatic rings. The molecule has 3 rings (SSSR count). The third-order valence-corrected chi connectivity index (χ3v) is 4.34. The number of rotatable bonds is 5. The molecule has 1 aliphatic heterocycles. The maximum Gasteiger partial charge on any atom is 0.251 e. The molecular formula is C20H21ClN2O4. The monoisotopic (exact) mass is 388 g/mol. The molecule has 0 aliphatic carbocycles. The zero-order chi connectivity index (χ0) is 19.2. The summed E-state index contributed by atoms with van der Waals surface area (Å²) in [5, 5.41) is 5.86. The first-order chi connectivity index (χ1) is 13.0. The van der Waals surface area contributed by atoms with E-state index in [4.69, 9.17) is 21.1 Å². The van der Waals surface area contributed by atoms with Crippen LogP contribution in [0.4, 0.5) is 5.69 Å². The minimum Gasteiger partial charge on any atom is -0.490 e. The van der Waals surface area contributed by atoms with Crippen LogP contribution < -0.4 is 20.1 Å². The molecule has 0 saturated heterocycles. The second-order valence-corrected chi connectivity index (χ2v) is 6.66. The molecular weight excluding hydrogens is 368 g/mol. The van der Waals surface area contributed by atoms with Crippen LogP contribution in [0, 0.1) is 6.92 Å². The first kappa shape index (κ1) is 19.0. The highest BCUT2D eigenvalue weighted by Gasteiger charge is 2.15. The third-order valence-electron chi connectivity index (χ3n) is 4.03. The van der Waals surface area contributed by atoms with Gasteiger partial charge in [0, 0.05) is 37.1 Å². The van der Waals surface area contributed by atoms with E-state index in [1.165, 1.54) is 0 Å². The Hall–Kier alpha value is -2.73. The Morgan fingerprint density at radius 3 is 2.59 bits per heavy atom. The predicted octanol–water partition coefficient (Wildman–Crippen LogP) is 3.57. The minimum absolute atomic E-state index is 0.127. The van der Waals surface area contributed by atoms with Gasteiger partial charge in [-0.2, -0.15) is 0 Å². The fourth-order valence-corrected chi connectivity index (χ4v) is 2.87. The summed E-state index contributed by atoms with van der Waals surface area (Å²) in [7, 11) is 0. The largest absolute Gasteiger partial charge is 0.490 e. The Morgan fingerprint density at radius 2 is 1.85 bits per heavy atom. The highest BCUT2D eigenvalue weighted by molar-refractivity contribution is 6.34. The van der Waals surface area contributed by atoms with E-state index in [0.29, 0.717) is 41.0 Å². The number of nitrogens with one attached hydrogen (secondary N) is 2. The molecule has 0 fully saturated rings. The molecule has 2 amide bonds. The van der Waals surface area contributed by atoms with Gasteiger partial charge in [-0.25, -0.2) is 0 Å². The van der Waals surface area contributed by atoms with Gasteiger partial charge in [-0.15, -0.1) is 0 Å². The normalized spacial score (nSPS) is 12.8. The van der Waals surface area contributed by atoms with Gasteiger partial charge in [-0.3, -0.25) is 9.59 Å². The van der Waals surface area contributed by atoms with Crippen molar-refractivity contribution < 1.29 is 19.1 Å². The maximum absolute atomic E-state index is 12.2. The van der Waals surface area contributed by atoms with Crippen molar-refractivity contribution in [3.63, 3.8) is 0 Å². The Kier molecular flexibility index (Phi) is 6.19. The van der Waals surface area contributed by atoms with E-state index in [0.717, 1.165) is 12.0 Å². The van der Waals surface area contributed by atoms with Crippen molar-refractivity contribution in [2.75, 3.05) is 25.1 Å². The van der Waals surface area contributed by atoms with Crippen LogP contribution in [-0.2, 0) is 4.79 Å². The van der Waals surface area contributed by atoms with Gasteiger partial charge < -0.3 is 20.1 Å². The number of carbonyl (C=O) groups is 2. The van der Waals surface area contributed by atoms with Gasteiger partial charge in [0.15, 0.2) is 11.5 Å². The van der Waals surface area contributed by atoms with Gasteiger partial charge in [0.2, 0.25) is 5.91 Å². The Balaban J connectivity index is 1.53. The molecule has 0 spiro atoms. The quantitative estimate of drug-likeness (QED) is 0.821. The number of halogens is 1.